The van der Waals surface area contributed by atoms with Crippen molar-refractivity contribution in [2.45, 2.75) is 31.6 Å². The second-order valence-electron chi connectivity index (χ2n) is 9.64. The second kappa shape index (κ2) is 11.9. The fourth-order valence-electron chi connectivity index (χ4n) is 5.30. The number of benzene rings is 3. The Morgan fingerprint density at radius 2 is 1.59 bits per heavy atom. The van der Waals surface area contributed by atoms with Gasteiger partial charge in [-0.3, -0.25) is 4.79 Å². The van der Waals surface area contributed by atoms with E-state index >= 15 is 0 Å². The first kappa shape index (κ1) is 26.8. The van der Waals surface area contributed by atoms with E-state index in [2.05, 4.69) is 21.2 Å². The maximum atomic E-state index is 13.8. The molecule has 6 nitrogen and oxygen atoms in total. The van der Waals surface area contributed by atoms with Gasteiger partial charge in [-0.25, -0.2) is 4.79 Å². The summed E-state index contributed by atoms with van der Waals surface area (Å²) < 4.78 is 17.6. The van der Waals surface area contributed by atoms with Crippen LogP contribution in [0.4, 0.5) is 0 Å². The zero-order valence-electron chi connectivity index (χ0n) is 21.9. The highest BCUT2D eigenvalue weighted by molar-refractivity contribution is 9.10. The summed E-state index contributed by atoms with van der Waals surface area (Å²) in [7, 11) is 1.64. The molecular weight excluding hydrogens is 558 g/mol. The Hall–Kier alpha value is -3.84. The van der Waals surface area contributed by atoms with Crippen LogP contribution in [0.3, 0.4) is 0 Å². The van der Waals surface area contributed by atoms with E-state index in [0.717, 1.165) is 27.0 Å². The van der Waals surface area contributed by atoms with Crippen LogP contribution in [0.15, 0.2) is 106 Å². The van der Waals surface area contributed by atoms with Gasteiger partial charge in [-0.15, -0.1) is 0 Å². The number of halogens is 1. The van der Waals surface area contributed by atoms with Crippen LogP contribution in [0.25, 0.3) is 0 Å². The fourth-order valence-corrected chi connectivity index (χ4v) is 5.56. The summed E-state index contributed by atoms with van der Waals surface area (Å²) in [5, 5.41) is 3.40. The van der Waals surface area contributed by atoms with Gasteiger partial charge >= 0.3 is 5.97 Å². The van der Waals surface area contributed by atoms with E-state index in [-0.39, 0.29) is 24.9 Å². The molecular formula is C32H30BrNO5. The summed E-state index contributed by atoms with van der Waals surface area (Å²) in [5.74, 6) is 0.592. The fraction of sp³-hybridized carbons (Fsp3) is 0.250. The molecule has 1 aliphatic carbocycles. The Kier molecular flexibility index (Phi) is 8.17. The van der Waals surface area contributed by atoms with Crippen molar-refractivity contribution in [2.75, 3.05) is 20.3 Å². The predicted molar refractivity (Wildman–Crippen MR) is 153 cm³/mol. The number of ether oxygens (including phenoxy) is 3. The Bertz CT molecular complexity index is 1410. The molecule has 0 amide bonds. The van der Waals surface area contributed by atoms with Gasteiger partial charge in [0.05, 0.1) is 12.7 Å². The number of esters is 1. The molecule has 7 heteroatoms. The van der Waals surface area contributed by atoms with Gasteiger partial charge in [0.1, 0.15) is 24.7 Å². The molecule has 0 fully saturated rings. The highest BCUT2D eigenvalue weighted by atomic mass is 79.9. The lowest BCUT2D eigenvalue weighted by atomic mass is 9.72. The van der Waals surface area contributed by atoms with Crippen LogP contribution in [-0.4, -0.2) is 32.1 Å². The van der Waals surface area contributed by atoms with Crippen LogP contribution in [0, 0.1) is 0 Å². The van der Waals surface area contributed by atoms with E-state index in [1.54, 1.807) is 7.11 Å². The number of rotatable bonds is 8. The molecule has 2 aliphatic rings. The first-order valence-corrected chi connectivity index (χ1v) is 13.7. The Balaban J connectivity index is 1.40. The third-order valence-electron chi connectivity index (χ3n) is 7.17. The van der Waals surface area contributed by atoms with Crippen LogP contribution >= 0.6 is 15.9 Å². The molecule has 1 aliphatic heterocycles. The molecule has 39 heavy (non-hydrogen) atoms. The number of carbonyl (C=O) groups excluding carboxylic acids is 2. The van der Waals surface area contributed by atoms with Crippen molar-refractivity contribution in [3.8, 4) is 11.5 Å². The smallest absolute Gasteiger partial charge is 0.336 e. The number of carbonyl (C=O) groups is 2. The predicted octanol–water partition coefficient (Wildman–Crippen LogP) is 6.44. The molecule has 0 bridgehead atoms. The van der Waals surface area contributed by atoms with Crippen LogP contribution in [0.2, 0.25) is 0 Å². The maximum absolute atomic E-state index is 13.8. The molecule has 0 unspecified atom stereocenters. The van der Waals surface area contributed by atoms with Crippen LogP contribution in [0.1, 0.15) is 42.7 Å². The van der Waals surface area contributed by atoms with Gasteiger partial charge in [-0.05, 0) is 66.8 Å². The second-order valence-corrected chi connectivity index (χ2v) is 10.6. The molecule has 0 saturated heterocycles. The van der Waals surface area contributed by atoms with Crippen LogP contribution in [-0.2, 0) is 14.3 Å². The van der Waals surface area contributed by atoms with Crippen molar-refractivity contribution in [3.05, 3.63) is 117 Å². The molecule has 3 aromatic rings. The number of hydrogen-bond acceptors (Lipinski definition) is 6. The van der Waals surface area contributed by atoms with Crippen molar-refractivity contribution in [1.29, 1.82) is 0 Å². The number of nitrogens with one attached hydrogen (secondary N) is 1. The van der Waals surface area contributed by atoms with E-state index in [1.807, 2.05) is 85.8 Å². The largest absolute Gasteiger partial charge is 0.497 e. The number of methoxy groups -OCH3 is 1. The molecule has 5 rings (SSSR count). The van der Waals surface area contributed by atoms with Gasteiger partial charge in [-0.2, -0.15) is 0 Å². The SMILES string of the molecule is COc1ccc([C@@H]2CC(=O)C3=C(C2)NC(C)=C(C(=O)OCCOc2ccccc2)[C@@H]3c2ccc(Br)cc2)cc1. The third-order valence-corrected chi connectivity index (χ3v) is 7.70. The summed E-state index contributed by atoms with van der Waals surface area (Å²) in [6.07, 6.45) is 1.04. The minimum Gasteiger partial charge on any atom is -0.497 e. The van der Waals surface area contributed by atoms with E-state index in [4.69, 9.17) is 14.2 Å². The Morgan fingerprint density at radius 1 is 0.897 bits per heavy atom. The van der Waals surface area contributed by atoms with E-state index in [0.29, 0.717) is 35.4 Å². The minimum absolute atomic E-state index is 0.0303. The lowest BCUT2D eigenvalue weighted by Crippen LogP contribution is -2.36. The molecule has 0 aromatic heterocycles. The average molecular weight is 588 g/mol. The number of allylic oxidation sites excluding steroid dienone is 3. The summed E-state index contributed by atoms with van der Waals surface area (Å²) in [6, 6.07) is 25.0. The summed E-state index contributed by atoms with van der Waals surface area (Å²) in [4.78, 5) is 27.2. The van der Waals surface area contributed by atoms with Crippen LogP contribution < -0.4 is 14.8 Å². The van der Waals surface area contributed by atoms with Crippen molar-refractivity contribution in [2.24, 2.45) is 0 Å². The zero-order valence-corrected chi connectivity index (χ0v) is 23.5. The Morgan fingerprint density at radius 3 is 2.28 bits per heavy atom. The quantitative estimate of drug-likeness (QED) is 0.241. The molecule has 1 N–H and O–H groups in total. The summed E-state index contributed by atoms with van der Waals surface area (Å²) in [6.45, 7) is 2.19. The molecule has 3 aromatic carbocycles. The zero-order chi connectivity index (χ0) is 27.4. The number of hydrogen-bond donors (Lipinski definition) is 1. The number of Topliss-reactive ketones (excluding diaryl/α,β-unsaturated/α-hetero) is 1. The number of para-hydroxylation sites is 1. The van der Waals surface area contributed by atoms with E-state index < -0.39 is 11.9 Å². The van der Waals surface area contributed by atoms with Crippen molar-refractivity contribution < 1.29 is 23.8 Å². The minimum atomic E-state index is -0.513. The number of ketones is 1. The third kappa shape index (κ3) is 5.93. The average Bonchev–Trinajstić information content (AvgIpc) is 2.95. The van der Waals surface area contributed by atoms with E-state index in [1.165, 1.54) is 0 Å². The number of dihydropyridines is 1. The van der Waals surface area contributed by atoms with Crippen molar-refractivity contribution >= 4 is 27.7 Å². The summed E-state index contributed by atoms with van der Waals surface area (Å²) in [5.41, 5.74) is 4.60. The standard InChI is InChI=1S/C32H30BrNO5/c1-20-29(32(36)39-17-16-38-26-6-4-3-5-7-26)30(22-8-12-24(33)13-9-22)31-27(34-20)18-23(19-28(31)35)21-10-14-25(37-2)15-11-21/h3-15,23,30,34H,16-19H2,1-2H3/t23-,30-/m0/s1. The topological polar surface area (TPSA) is 73.9 Å². The first-order chi connectivity index (χ1) is 18.9. The summed E-state index contributed by atoms with van der Waals surface area (Å²) >= 11 is 3.49. The van der Waals surface area contributed by atoms with Gasteiger partial charge in [0.2, 0.25) is 0 Å². The van der Waals surface area contributed by atoms with Crippen molar-refractivity contribution in [1.82, 2.24) is 5.32 Å². The highest BCUT2D eigenvalue weighted by Crippen LogP contribution is 2.46. The van der Waals surface area contributed by atoms with Gasteiger partial charge in [0.15, 0.2) is 5.78 Å². The first-order valence-electron chi connectivity index (χ1n) is 12.9. The molecule has 200 valence electrons. The van der Waals surface area contributed by atoms with Gasteiger partial charge in [0.25, 0.3) is 0 Å². The Labute approximate surface area is 236 Å². The molecule has 0 saturated carbocycles. The monoisotopic (exact) mass is 587 g/mol. The lowest BCUT2D eigenvalue weighted by molar-refractivity contribution is -0.140. The van der Waals surface area contributed by atoms with Gasteiger partial charge in [-0.1, -0.05) is 58.4 Å². The maximum Gasteiger partial charge on any atom is 0.336 e. The van der Waals surface area contributed by atoms with Crippen LogP contribution in [0.5, 0.6) is 11.5 Å². The molecule has 0 spiro atoms. The normalized spacial score (nSPS) is 18.8. The molecule has 1 heterocycles. The molecule has 2 atom stereocenters. The lowest BCUT2D eigenvalue weighted by Gasteiger charge is -2.36. The van der Waals surface area contributed by atoms with Gasteiger partial charge in [0, 0.05) is 33.8 Å². The van der Waals surface area contributed by atoms with Crippen molar-refractivity contribution in [3.63, 3.8) is 0 Å². The van der Waals surface area contributed by atoms with Gasteiger partial charge < -0.3 is 19.5 Å². The highest BCUT2D eigenvalue weighted by Gasteiger charge is 2.41. The van der Waals surface area contributed by atoms with E-state index in [9.17, 15) is 9.59 Å². The molecule has 0 radical (unpaired) electrons.